The summed E-state index contributed by atoms with van der Waals surface area (Å²) < 4.78 is 1.51. The highest BCUT2D eigenvalue weighted by Gasteiger charge is 2.20. The van der Waals surface area contributed by atoms with E-state index < -0.39 is 5.97 Å². The number of nitrogens with zero attached hydrogens (tertiary/aromatic N) is 3. The van der Waals surface area contributed by atoms with Gasteiger partial charge in [0, 0.05) is 18.3 Å². The summed E-state index contributed by atoms with van der Waals surface area (Å²) >= 11 is 17.2. The number of anilines is 1. The van der Waals surface area contributed by atoms with Crippen LogP contribution >= 0.6 is 35.4 Å². The van der Waals surface area contributed by atoms with Crippen LogP contribution in [0.1, 0.15) is 23.0 Å². The van der Waals surface area contributed by atoms with Crippen molar-refractivity contribution in [3.05, 3.63) is 63.8 Å². The number of aryl methyl sites for hydroxylation is 1. The second-order valence-electron chi connectivity index (χ2n) is 6.45. The predicted octanol–water partition coefficient (Wildman–Crippen LogP) is 4.51. The molecule has 0 aliphatic heterocycles. The van der Waals surface area contributed by atoms with E-state index in [0.29, 0.717) is 32.7 Å². The lowest BCUT2D eigenvalue weighted by Gasteiger charge is -2.08. The van der Waals surface area contributed by atoms with Crippen LogP contribution in [0.3, 0.4) is 0 Å². The quantitative estimate of drug-likeness (QED) is 0.243. The first-order valence-electron chi connectivity index (χ1n) is 8.83. The number of aromatic nitrogens is 2. The lowest BCUT2D eigenvalue weighted by atomic mass is 10.1. The number of halogens is 2. The molecule has 11 heteroatoms. The third-order valence-electron chi connectivity index (χ3n) is 4.25. The number of carboxylic acid groups (broad SMARTS) is 1. The van der Waals surface area contributed by atoms with E-state index in [9.17, 15) is 9.90 Å². The normalized spacial score (nSPS) is 11.3. The minimum atomic E-state index is -1.04. The van der Waals surface area contributed by atoms with Crippen molar-refractivity contribution in [3.8, 4) is 17.0 Å². The van der Waals surface area contributed by atoms with Crippen molar-refractivity contribution in [2.24, 2.45) is 12.1 Å². The van der Waals surface area contributed by atoms with Gasteiger partial charge in [-0.05, 0) is 49.5 Å². The molecule has 0 aliphatic carbocycles. The van der Waals surface area contributed by atoms with Gasteiger partial charge in [-0.2, -0.15) is 10.2 Å². The summed E-state index contributed by atoms with van der Waals surface area (Å²) in [5.74, 6) is -1.11. The van der Waals surface area contributed by atoms with Crippen LogP contribution in [-0.2, 0) is 7.05 Å². The monoisotopic (exact) mass is 477 g/mol. The van der Waals surface area contributed by atoms with Crippen LogP contribution in [0, 0.1) is 0 Å². The average Bonchev–Trinajstić information content (AvgIpc) is 3.02. The first-order valence-corrected chi connectivity index (χ1v) is 10.00. The molecule has 0 spiro atoms. The fraction of sp³-hybridized carbons (Fsp3) is 0.100. The van der Waals surface area contributed by atoms with Crippen LogP contribution in [0.25, 0.3) is 11.3 Å². The molecule has 3 rings (SSSR count). The van der Waals surface area contributed by atoms with Gasteiger partial charge < -0.3 is 15.5 Å². The summed E-state index contributed by atoms with van der Waals surface area (Å²) in [4.78, 5) is 11.1. The Morgan fingerprint density at radius 3 is 2.61 bits per heavy atom. The number of nitrogens with one attached hydrogen (secondary N) is 2. The van der Waals surface area contributed by atoms with Gasteiger partial charge in [0.1, 0.15) is 5.69 Å². The highest BCUT2D eigenvalue weighted by Crippen LogP contribution is 2.35. The minimum absolute atomic E-state index is 0.0722. The molecule has 0 aliphatic rings. The van der Waals surface area contributed by atoms with Crippen molar-refractivity contribution >= 4 is 57.9 Å². The highest BCUT2D eigenvalue weighted by molar-refractivity contribution is 7.80. The molecule has 0 saturated heterocycles. The van der Waals surface area contributed by atoms with Crippen molar-refractivity contribution in [1.29, 1.82) is 0 Å². The molecule has 0 bridgehead atoms. The summed E-state index contributed by atoms with van der Waals surface area (Å²) in [5.41, 5.74) is 5.00. The standard InChI is InChI=1S/C20H17Cl2N5O3S/c1-10(24-25-20(31)23-13-5-3-4-12(8-13)19(29)30)16-18(28)17(27(2)26-16)11-6-7-14(21)15(22)9-11/h3-9,28H,1-2H3,(H,29,30)(H2,23,25,31). The maximum Gasteiger partial charge on any atom is 0.335 e. The number of carbonyl (C=O) groups is 1. The predicted molar refractivity (Wildman–Crippen MR) is 125 cm³/mol. The Morgan fingerprint density at radius 2 is 1.94 bits per heavy atom. The molecule has 0 amide bonds. The summed E-state index contributed by atoms with van der Waals surface area (Å²) in [5, 5.41) is 32.0. The lowest BCUT2D eigenvalue weighted by molar-refractivity contribution is 0.0697. The molecule has 4 N–H and O–H groups in total. The van der Waals surface area contributed by atoms with E-state index in [2.05, 4.69) is 20.9 Å². The number of carboxylic acids is 1. The SMILES string of the molecule is CC(=NNC(=S)Nc1cccc(C(=O)O)c1)c1nn(C)c(-c2ccc(Cl)c(Cl)c2)c1O. The summed E-state index contributed by atoms with van der Waals surface area (Å²) in [6.45, 7) is 1.65. The van der Waals surface area contributed by atoms with Crippen LogP contribution in [0.2, 0.25) is 10.0 Å². The Hall–Kier alpha value is -3.14. The van der Waals surface area contributed by atoms with Crippen molar-refractivity contribution in [1.82, 2.24) is 15.2 Å². The molecule has 0 unspecified atom stereocenters. The van der Waals surface area contributed by atoms with Gasteiger partial charge in [-0.15, -0.1) is 0 Å². The number of hydrogen-bond acceptors (Lipinski definition) is 5. The molecule has 0 saturated carbocycles. The third kappa shape index (κ3) is 5.13. The van der Waals surface area contributed by atoms with Gasteiger partial charge in [-0.3, -0.25) is 10.1 Å². The van der Waals surface area contributed by atoms with E-state index in [4.69, 9.17) is 40.5 Å². The Bertz CT molecular complexity index is 1210. The summed E-state index contributed by atoms with van der Waals surface area (Å²) in [6.07, 6.45) is 0. The number of rotatable bonds is 5. The molecule has 8 nitrogen and oxygen atoms in total. The fourth-order valence-electron chi connectivity index (χ4n) is 2.80. The highest BCUT2D eigenvalue weighted by atomic mass is 35.5. The Labute approximate surface area is 193 Å². The van der Waals surface area contributed by atoms with Gasteiger partial charge in [-0.25, -0.2) is 4.79 Å². The molecule has 1 heterocycles. The van der Waals surface area contributed by atoms with Gasteiger partial charge in [0.05, 0.1) is 21.3 Å². The smallest absolute Gasteiger partial charge is 0.335 e. The topological polar surface area (TPSA) is 112 Å². The second kappa shape index (κ2) is 9.34. The van der Waals surface area contributed by atoms with Crippen molar-refractivity contribution in [2.45, 2.75) is 6.92 Å². The largest absolute Gasteiger partial charge is 0.504 e. The minimum Gasteiger partial charge on any atom is -0.504 e. The Balaban J connectivity index is 1.77. The van der Waals surface area contributed by atoms with E-state index in [0.717, 1.165) is 0 Å². The average molecular weight is 478 g/mol. The fourth-order valence-corrected chi connectivity index (χ4v) is 3.26. The van der Waals surface area contributed by atoms with Crippen LogP contribution in [0.5, 0.6) is 5.75 Å². The van der Waals surface area contributed by atoms with Gasteiger partial charge in [-0.1, -0.05) is 35.3 Å². The maximum atomic E-state index is 11.1. The molecule has 0 fully saturated rings. The van der Waals surface area contributed by atoms with Gasteiger partial charge in [0.15, 0.2) is 16.6 Å². The van der Waals surface area contributed by atoms with E-state index in [1.165, 1.54) is 16.8 Å². The van der Waals surface area contributed by atoms with Gasteiger partial charge >= 0.3 is 5.97 Å². The molecule has 1 aromatic heterocycles. The molecule has 0 atom stereocenters. The van der Waals surface area contributed by atoms with E-state index in [-0.39, 0.29) is 22.1 Å². The number of benzene rings is 2. The van der Waals surface area contributed by atoms with E-state index in [1.54, 1.807) is 44.3 Å². The van der Waals surface area contributed by atoms with Crippen LogP contribution in [0.15, 0.2) is 47.6 Å². The summed E-state index contributed by atoms with van der Waals surface area (Å²) in [7, 11) is 1.68. The van der Waals surface area contributed by atoms with Gasteiger partial charge in [0.2, 0.25) is 0 Å². The van der Waals surface area contributed by atoms with Crippen LogP contribution < -0.4 is 10.7 Å². The van der Waals surface area contributed by atoms with Crippen molar-refractivity contribution in [2.75, 3.05) is 5.32 Å². The van der Waals surface area contributed by atoms with Crippen LogP contribution in [-0.4, -0.2) is 36.8 Å². The number of hydrazone groups is 1. The number of thiocarbonyl (C=S) groups is 1. The maximum absolute atomic E-state index is 11.1. The number of hydrogen-bond donors (Lipinski definition) is 4. The Kier molecular flexibility index (Phi) is 6.79. The summed E-state index contributed by atoms with van der Waals surface area (Å²) in [6, 6.07) is 11.2. The molecule has 160 valence electrons. The first kappa shape index (κ1) is 22.5. The first-order chi connectivity index (χ1) is 14.7. The number of aromatic hydroxyl groups is 1. The lowest BCUT2D eigenvalue weighted by Crippen LogP contribution is -2.25. The zero-order valence-corrected chi connectivity index (χ0v) is 18.7. The zero-order chi connectivity index (χ0) is 22.7. The van der Waals surface area contributed by atoms with E-state index in [1.807, 2.05) is 0 Å². The Morgan fingerprint density at radius 1 is 1.19 bits per heavy atom. The van der Waals surface area contributed by atoms with Crippen LogP contribution in [0.4, 0.5) is 5.69 Å². The molecular weight excluding hydrogens is 461 g/mol. The molecular formula is C20H17Cl2N5O3S. The molecule has 2 aromatic carbocycles. The third-order valence-corrected chi connectivity index (χ3v) is 5.18. The van der Waals surface area contributed by atoms with Gasteiger partial charge in [0.25, 0.3) is 0 Å². The van der Waals surface area contributed by atoms with Crippen molar-refractivity contribution < 1.29 is 15.0 Å². The van der Waals surface area contributed by atoms with E-state index >= 15 is 0 Å². The zero-order valence-electron chi connectivity index (χ0n) is 16.3. The van der Waals surface area contributed by atoms with Crippen molar-refractivity contribution in [3.63, 3.8) is 0 Å². The second-order valence-corrected chi connectivity index (χ2v) is 7.67. The molecule has 0 radical (unpaired) electrons. The molecule has 31 heavy (non-hydrogen) atoms. The molecule has 3 aromatic rings. The number of aromatic carboxylic acids is 1.